The molecule has 15 heavy (non-hydrogen) atoms. The van der Waals surface area contributed by atoms with Crippen LogP contribution in [0.2, 0.25) is 0 Å². The zero-order valence-electron chi connectivity index (χ0n) is 8.84. The van der Waals surface area contributed by atoms with Crippen LogP contribution in [0.4, 0.5) is 5.69 Å². The van der Waals surface area contributed by atoms with Gasteiger partial charge in [0.1, 0.15) is 6.61 Å². The minimum atomic E-state index is -0.130. The van der Waals surface area contributed by atoms with Gasteiger partial charge < -0.3 is 10.1 Å². The van der Waals surface area contributed by atoms with Crippen molar-refractivity contribution in [3.8, 4) is 0 Å². The third-order valence-electron chi connectivity index (χ3n) is 1.76. The van der Waals surface area contributed by atoms with Crippen molar-refractivity contribution in [3.05, 3.63) is 28.2 Å². The summed E-state index contributed by atoms with van der Waals surface area (Å²) >= 11 is 3.37. The maximum absolute atomic E-state index is 11.3. The molecule has 0 fully saturated rings. The summed E-state index contributed by atoms with van der Waals surface area (Å²) in [6.45, 7) is 4.48. The fourth-order valence-corrected chi connectivity index (χ4v) is 1.81. The summed E-state index contributed by atoms with van der Waals surface area (Å²) in [5, 5.41) is 2.76. The predicted octanol–water partition coefficient (Wildman–Crippen LogP) is 2.73. The van der Waals surface area contributed by atoms with Crippen LogP contribution in [0.3, 0.4) is 0 Å². The number of rotatable bonds is 4. The molecule has 4 heteroatoms. The number of carbonyl (C=O) groups excluding carboxylic acids is 1. The standard InChI is InChI=1S/C11H14BrNO2/c1-3-15-7-11(14)13-10-5-8(2)4-9(12)6-10/h4-6H,3,7H2,1-2H3,(H,13,14). The first-order valence-electron chi connectivity index (χ1n) is 4.76. The highest BCUT2D eigenvalue weighted by Crippen LogP contribution is 2.18. The summed E-state index contributed by atoms with van der Waals surface area (Å²) in [4.78, 5) is 11.3. The molecule has 1 rings (SSSR count). The summed E-state index contributed by atoms with van der Waals surface area (Å²) in [6.07, 6.45) is 0. The molecule has 1 aromatic carbocycles. The Kier molecular flexibility index (Phi) is 4.78. The maximum Gasteiger partial charge on any atom is 0.250 e. The molecule has 0 aliphatic carbocycles. The van der Waals surface area contributed by atoms with Crippen molar-refractivity contribution >= 4 is 27.5 Å². The van der Waals surface area contributed by atoms with Crippen molar-refractivity contribution < 1.29 is 9.53 Å². The van der Waals surface area contributed by atoms with Crippen LogP contribution in [0.1, 0.15) is 12.5 Å². The average molecular weight is 272 g/mol. The molecule has 82 valence electrons. The van der Waals surface area contributed by atoms with E-state index in [2.05, 4.69) is 21.2 Å². The van der Waals surface area contributed by atoms with Gasteiger partial charge in [0.25, 0.3) is 0 Å². The van der Waals surface area contributed by atoms with Gasteiger partial charge in [0.2, 0.25) is 5.91 Å². The fourth-order valence-electron chi connectivity index (χ4n) is 1.20. The first kappa shape index (κ1) is 12.2. The molecule has 0 radical (unpaired) electrons. The molecule has 1 amide bonds. The molecule has 0 aromatic heterocycles. The largest absolute Gasteiger partial charge is 0.372 e. The lowest BCUT2D eigenvalue weighted by atomic mass is 10.2. The van der Waals surface area contributed by atoms with Gasteiger partial charge in [0.15, 0.2) is 0 Å². The predicted molar refractivity (Wildman–Crippen MR) is 64.0 cm³/mol. The Balaban J connectivity index is 2.60. The van der Waals surface area contributed by atoms with Crippen molar-refractivity contribution in [3.63, 3.8) is 0 Å². The minimum absolute atomic E-state index is 0.0993. The van der Waals surface area contributed by atoms with E-state index in [0.29, 0.717) is 6.61 Å². The summed E-state index contributed by atoms with van der Waals surface area (Å²) in [7, 11) is 0. The molecule has 0 aliphatic heterocycles. The quantitative estimate of drug-likeness (QED) is 0.915. The number of hydrogen-bond donors (Lipinski definition) is 1. The smallest absolute Gasteiger partial charge is 0.250 e. The molecule has 1 N–H and O–H groups in total. The summed E-state index contributed by atoms with van der Waals surface area (Å²) in [5.41, 5.74) is 1.88. The molecule has 0 saturated heterocycles. The van der Waals surface area contributed by atoms with Gasteiger partial charge in [-0.05, 0) is 37.6 Å². The second-order valence-electron chi connectivity index (χ2n) is 3.20. The lowest BCUT2D eigenvalue weighted by Gasteiger charge is -2.06. The third-order valence-corrected chi connectivity index (χ3v) is 2.22. The molecule has 0 spiro atoms. The Morgan fingerprint density at radius 3 is 2.80 bits per heavy atom. The number of aryl methyl sites for hydroxylation is 1. The Morgan fingerprint density at radius 2 is 2.20 bits per heavy atom. The normalized spacial score (nSPS) is 10.1. The molecule has 0 bridgehead atoms. The lowest BCUT2D eigenvalue weighted by Crippen LogP contribution is -2.18. The monoisotopic (exact) mass is 271 g/mol. The van der Waals surface area contributed by atoms with Crippen LogP contribution in [0.5, 0.6) is 0 Å². The van der Waals surface area contributed by atoms with E-state index in [4.69, 9.17) is 4.74 Å². The second kappa shape index (κ2) is 5.88. The van der Waals surface area contributed by atoms with E-state index in [1.54, 1.807) is 0 Å². The van der Waals surface area contributed by atoms with Gasteiger partial charge in [-0.25, -0.2) is 0 Å². The molecule has 0 heterocycles. The topological polar surface area (TPSA) is 38.3 Å². The average Bonchev–Trinajstić information content (AvgIpc) is 2.13. The Morgan fingerprint density at radius 1 is 1.47 bits per heavy atom. The van der Waals surface area contributed by atoms with Crippen LogP contribution >= 0.6 is 15.9 Å². The SMILES string of the molecule is CCOCC(=O)Nc1cc(C)cc(Br)c1. The van der Waals surface area contributed by atoms with E-state index < -0.39 is 0 Å². The molecule has 0 unspecified atom stereocenters. The number of hydrogen-bond acceptors (Lipinski definition) is 2. The second-order valence-corrected chi connectivity index (χ2v) is 4.12. The molecule has 1 aromatic rings. The fraction of sp³-hybridized carbons (Fsp3) is 0.364. The van der Waals surface area contributed by atoms with Crippen LogP contribution in [0, 0.1) is 6.92 Å². The van der Waals surface area contributed by atoms with Gasteiger partial charge in [-0.2, -0.15) is 0 Å². The van der Waals surface area contributed by atoms with Gasteiger partial charge in [0.05, 0.1) is 0 Å². The zero-order valence-corrected chi connectivity index (χ0v) is 10.4. The van der Waals surface area contributed by atoms with E-state index in [0.717, 1.165) is 15.7 Å². The van der Waals surface area contributed by atoms with Crippen molar-refractivity contribution in [1.29, 1.82) is 0 Å². The van der Waals surface area contributed by atoms with Crippen LogP contribution in [-0.2, 0) is 9.53 Å². The van der Waals surface area contributed by atoms with Crippen molar-refractivity contribution in [2.75, 3.05) is 18.5 Å². The Labute approximate surface area is 97.9 Å². The Bertz CT molecular complexity index is 332. The van der Waals surface area contributed by atoms with E-state index in [1.165, 1.54) is 0 Å². The molecular formula is C11H14BrNO2. The number of anilines is 1. The van der Waals surface area contributed by atoms with Gasteiger partial charge in [-0.15, -0.1) is 0 Å². The van der Waals surface area contributed by atoms with Gasteiger partial charge in [-0.3, -0.25) is 4.79 Å². The summed E-state index contributed by atoms with van der Waals surface area (Å²) in [5.74, 6) is -0.130. The van der Waals surface area contributed by atoms with E-state index in [9.17, 15) is 4.79 Å². The number of halogens is 1. The van der Waals surface area contributed by atoms with Crippen molar-refractivity contribution in [1.82, 2.24) is 0 Å². The first-order valence-corrected chi connectivity index (χ1v) is 5.56. The first-order chi connectivity index (χ1) is 7.11. The molecular weight excluding hydrogens is 258 g/mol. The number of ether oxygens (including phenoxy) is 1. The minimum Gasteiger partial charge on any atom is -0.372 e. The number of nitrogens with one attached hydrogen (secondary N) is 1. The third kappa shape index (κ3) is 4.44. The van der Waals surface area contributed by atoms with Crippen LogP contribution < -0.4 is 5.32 Å². The van der Waals surface area contributed by atoms with Gasteiger partial charge in [0, 0.05) is 16.8 Å². The number of carbonyl (C=O) groups is 1. The van der Waals surface area contributed by atoms with Crippen molar-refractivity contribution in [2.24, 2.45) is 0 Å². The van der Waals surface area contributed by atoms with E-state index in [1.807, 2.05) is 32.0 Å². The maximum atomic E-state index is 11.3. The van der Waals surface area contributed by atoms with Crippen molar-refractivity contribution in [2.45, 2.75) is 13.8 Å². The highest BCUT2D eigenvalue weighted by atomic mass is 79.9. The highest BCUT2D eigenvalue weighted by Gasteiger charge is 2.02. The summed E-state index contributed by atoms with van der Waals surface area (Å²) < 4.78 is 5.96. The molecule has 0 saturated carbocycles. The van der Waals surface area contributed by atoms with Gasteiger partial charge in [-0.1, -0.05) is 15.9 Å². The lowest BCUT2D eigenvalue weighted by molar-refractivity contribution is -0.120. The van der Waals surface area contributed by atoms with Gasteiger partial charge >= 0.3 is 0 Å². The molecule has 0 aliphatic rings. The van der Waals surface area contributed by atoms with Crippen LogP contribution in [-0.4, -0.2) is 19.1 Å². The van der Waals surface area contributed by atoms with Crippen LogP contribution in [0.15, 0.2) is 22.7 Å². The molecule has 0 atom stereocenters. The van der Waals surface area contributed by atoms with Crippen LogP contribution in [0.25, 0.3) is 0 Å². The Hall–Kier alpha value is -0.870. The number of benzene rings is 1. The zero-order chi connectivity index (χ0) is 11.3. The highest BCUT2D eigenvalue weighted by molar-refractivity contribution is 9.10. The molecule has 3 nitrogen and oxygen atoms in total. The van der Waals surface area contributed by atoms with E-state index in [-0.39, 0.29) is 12.5 Å². The number of amides is 1. The summed E-state index contributed by atoms with van der Waals surface area (Å²) in [6, 6.07) is 5.75. The van der Waals surface area contributed by atoms with E-state index >= 15 is 0 Å².